The van der Waals surface area contributed by atoms with Crippen molar-refractivity contribution in [3.8, 4) is 6.07 Å². The van der Waals surface area contributed by atoms with E-state index in [-0.39, 0.29) is 40.0 Å². The van der Waals surface area contributed by atoms with Crippen LogP contribution >= 0.6 is 11.6 Å². The van der Waals surface area contributed by atoms with Crippen LogP contribution in [0.2, 0.25) is 5.02 Å². The van der Waals surface area contributed by atoms with E-state index in [0.29, 0.717) is 12.0 Å². The van der Waals surface area contributed by atoms with Crippen molar-refractivity contribution in [1.29, 1.82) is 5.26 Å². The fraction of sp³-hybridized carbons (Fsp3) is 0.263. The zero-order chi connectivity index (χ0) is 20.8. The Morgan fingerprint density at radius 3 is 2.93 bits per heavy atom. The van der Waals surface area contributed by atoms with Gasteiger partial charge in [-0.2, -0.15) is 5.26 Å². The number of benzene rings is 1. The van der Waals surface area contributed by atoms with Crippen LogP contribution < -0.4 is 11.1 Å². The van der Waals surface area contributed by atoms with Crippen molar-refractivity contribution in [1.82, 2.24) is 4.98 Å². The molecule has 2 aromatic rings. The summed E-state index contributed by atoms with van der Waals surface area (Å²) in [5.41, 5.74) is 4.66. The fourth-order valence-corrected chi connectivity index (χ4v) is 3.76. The number of hydrogen-bond donors (Lipinski definition) is 2. The van der Waals surface area contributed by atoms with Crippen LogP contribution in [0, 0.1) is 23.1 Å². The number of aliphatic imine (C=N–C) groups is 1. The van der Waals surface area contributed by atoms with Gasteiger partial charge in [0.1, 0.15) is 35.9 Å². The van der Waals surface area contributed by atoms with Gasteiger partial charge in [-0.25, -0.2) is 18.8 Å². The number of alkyl halides is 1. The van der Waals surface area contributed by atoms with E-state index in [1.807, 2.05) is 6.07 Å². The maximum atomic E-state index is 14.5. The molecule has 1 amide bonds. The minimum absolute atomic E-state index is 0.0247. The number of aromatic nitrogens is 1. The van der Waals surface area contributed by atoms with Crippen LogP contribution in [0.5, 0.6) is 0 Å². The third-order valence-electron chi connectivity index (χ3n) is 5.01. The van der Waals surface area contributed by atoms with Gasteiger partial charge in [-0.1, -0.05) is 11.6 Å². The summed E-state index contributed by atoms with van der Waals surface area (Å²) in [5.74, 6) is -1.80. The van der Waals surface area contributed by atoms with Crippen LogP contribution in [0.15, 0.2) is 35.5 Å². The summed E-state index contributed by atoms with van der Waals surface area (Å²) >= 11 is 6.14. The zero-order valence-electron chi connectivity index (χ0n) is 14.8. The number of nitrogens with two attached hydrogens (primary N) is 1. The first kappa shape index (κ1) is 19.1. The average Bonchev–Trinajstić information content (AvgIpc) is 3.49. The molecule has 2 heterocycles. The zero-order valence-corrected chi connectivity index (χ0v) is 15.6. The Kier molecular flexibility index (Phi) is 4.59. The van der Waals surface area contributed by atoms with Crippen LogP contribution in [-0.2, 0) is 10.3 Å². The van der Waals surface area contributed by atoms with Gasteiger partial charge < -0.3 is 15.8 Å². The van der Waals surface area contributed by atoms with Crippen LogP contribution in [-0.4, -0.2) is 29.7 Å². The molecule has 2 aliphatic rings. The van der Waals surface area contributed by atoms with E-state index in [1.165, 1.54) is 24.4 Å². The quantitative estimate of drug-likeness (QED) is 0.794. The Bertz CT molecular complexity index is 1070. The van der Waals surface area contributed by atoms with Gasteiger partial charge in [-0.3, -0.25) is 4.79 Å². The number of pyridine rings is 1. The van der Waals surface area contributed by atoms with Crippen molar-refractivity contribution in [3.63, 3.8) is 0 Å². The van der Waals surface area contributed by atoms with Crippen LogP contribution in [0.3, 0.4) is 0 Å². The van der Waals surface area contributed by atoms with Gasteiger partial charge >= 0.3 is 0 Å². The van der Waals surface area contributed by atoms with Gasteiger partial charge in [0.25, 0.3) is 11.9 Å². The van der Waals surface area contributed by atoms with Gasteiger partial charge in [0.15, 0.2) is 0 Å². The Balaban J connectivity index is 1.70. The summed E-state index contributed by atoms with van der Waals surface area (Å²) in [5, 5.41) is 11.0. The number of anilines is 1. The molecule has 148 valence electrons. The topological polar surface area (TPSA) is 113 Å². The lowest BCUT2D eigenvalue weighted by Gasteiger charge is -2.32. The first-order chi connectivity index (χ1) is 13.9. The summed E-state index contributed by atoms with van der Waals surface area (Å²) in [6, 6.07) is 6.91. The highest BCUT2D eigenvalue weighted by Gasteiger charge is 2.60. The molecule has 1 aromatic carbocycles. The van der Waals surface area contributed by atoms with Gasteiger partial charge in [-0.05, 0) is 30.7 Å². The molecule has 4 rings (SSSR count). The second kappa shape index (κ2) is 6.97. The number of amides is 1. The lowest BCUT2D eigenvalue weighted by atomic mass is 9.85. The van der Waals surface area contributed by atoms with E-state index in [0.717, 1.165) is 6.07 Å². The second-order valence-corrected chi connectivity index (χ2v) is 7.20. The molecule has 1 aliphatic heterocycles. The van der Waals surface area contributed by atoms with Gasteiger partial charge in [0.2, 0.25) is 0 Å². The van der Waals surface area contributed by atoms with E-state index in [1.54, 1.807) is 0 Å². The molecule has 10 heteroatoms. The molecule has 0 saturated heterocycles. The average molecular weight is 418 g/mol. The highest BCUT2D eigenvalue weighted by Crippen LogP contribution is 2.54. The number of halogens is 3. The van der Waals surface area contributed by atoms with Crippen molar-refractivity contribution < 1.29 is 18.3 Å². The summed E-state index contributed by atoms with van der Waals surface area (Å²) in [4.78, 5) is 20.4. The van der Waals surface area contributed by atoms with E-state index in [9.17, 15) is 13.6 Å². The summed E-state index contributed by atoms with van der Waals surface area (Å²) in [6.45, 7) is -0.952. The largest absolute Gasteiger partial charge is 0.462 e. The summed E-state index contributed by atoms with van der Waals surface area (Å²) in [6.07, 6.45) is 1.45. The first-order valence-electron chi connectivity index (χ1n) is 8.63. The summed E-state index contributed by atoms with van der Waals surface area (Å²) < 4.78 is 34.0. The minimum atomic E-state index is -1.47. The Morgan fingerprint density at radius 1 is 1.48 bits per heavy atom. The summed E-state index contributed by atoms with van der Waals surface area (Å²) in [7, 11) is 0. The molecule has 0 radical (unpaired) electrons. The molecular weight excluding hydrogens is 404 g/mol. The predicted molar refractivity (Wildman–Crippen MR) is 101 cm³/mol. The Hall–Kier alpha value is -3.25. The number of nitrogens with zero attached hydrogens (tertiary/aromatic N) is 3. The second-order valence-electron chi connectivity index (χ2n) is 6.82. The molecule has 1 aromatic heterocycles. The molecule has 7 nitrogen and oxygen atoms in total. The SMILES string of the molecule is N#Cc1ccc(C(=O)Nc2cc(F)c(Cl)c([C@]3(CF)N=C(N)O[C@H]4C[C@H]43)c2)nc1. The monoisotopic (exact) mass is 417 g/mol. The molecular formula is C19H14ClF2N5O2. The predicted octanol–water partition coefficient (Wildman–Crippen LogP) is 2.90. The standard InChI is InChI=1S/C19H14ClF2N5O2/c20-16-12(19(8-21)11-5-15(11)29-18(24)27-19)3-10(4-13(16)22)26-17(28)14-2-1-9(6-23)7-25-14/h1-4,7,11,15H,5,8H2,(H2,24,27)(H,26,28)/t11-,15+,19-/m1/s1. The van der Waals surface area contributed by atoms with Crippen LogP contribution in [0.1, 0.15) is 28.0 Å². The van der Waals surface area contributed by atoms with Crippen molar-refractivity contribution in [2.75, 3.05) is 12.0 Å². The third-order valence-corrected chi connectivity index (χ3v) is 5.39. The van der Waals surface area contributed by atoms with E-state index < -0.39 is 23.9 Å². The number of hydrogen-bond acceptors (Lipinski definition) is 6. The Labute approximate surface area is 169 Å². The lowest BCUT2D eigenvalue weighted by molar-refractivity contribution is 0.102. The molecule has 1 aliphatic carbocycles. The number of carbonyl (C=O) groups excluding carboxylic acids is 1. The maximum Gasteiger partial charge on any atom is 0.283 e. The van der Waals surface area contributed by atoms with Crippen molar-refractivity contribution in [2.24, 2.45) is 16.6 Å². The smallest absolute Gasteiger partial charge is 0.283 e. The van der Waals surface area contributed by atoms with Crippen molar-refractivity contribution >= 4 is 29.2 Å². The Morgan fingerprint density at radius 2 is 2.28 bits per heavy atom. The van der Waals surface area contributed by atoms with Gasteiger partial charge in [-0.15, -0.1) is 0 Å². The lowest BCUT2D eigenvalue weighted by Crippen LogP contribution is -2.39. The fourth-order valence-electron chi connectivity index (χ4n) is 3.49. The molecule has 0 spiro atoms. The minimum Gasteiger partial charge on any atom is -0.462 e. The van der Waals surface area contributed by atoms with Crippen molar-refractivity contribution in [2.45, 2.75) is 18.1 Å². The van der Waals surface area contributed by atoms with E-state index in [4.69, 9.17) is 27.3 Å². The van der Waals surface area contributed by atoms with Crippen LogP contribution in [0.25, 0.3) is 0 Å². The number of fused-ring (bicyclic) bond motifs is 1. The molecule has 3 N–H and O–H groups in total. The number of nitrogens with one attached hydrogen (secondary N) is 1. The normalized spacial score (nSPS) is 24.6. The number of nitriles is 1. The van der Waals surface area contributed by atoms with E-state index in [2.05, 4.69) is 15.3 Å². The maximum absolute atomic E-state index is 14.5. The molecule has 1 saturated carbocycles. The number of ether oxygens (including phenoxy) is 1. The number of carbonyl (C=O) groups is 1. The van der Waals surface area contributed by atoms with Gasteiger partial charge in [0, 0.05) is 23.4 Å². The van der Waals surface area contributed by atoms with E-state index >= 15 is 0 Å². The molecule has 29 heavy (non-hydrogen) atoms. The first-order valence-corrected chi connectivity index (χ1v) is 9.00. The molecule has 0 bridgehead atoms. The molecule has 3 atom stereocenters. The van der Waals surface area contributed by atoms with Crippen LogP contribution in [0.4, 0.5) is 14.5 Å². The molecule has 1 fully saturated rings. The highest BCUT2D eigenvalue weighted by molar-refractivity contribution is 6.31. The molecule has 0 unspecified atom stereocenters. The highest BCUT2D eigenvalue weighted by atomic mass is 35.5. The van der Waals surface area contributed by atoms with Gasteiger partial charge in [0.05, 0.1) is 10.6 Å². The number of rotatable bonds is 4. The third kappa shape index (κ3) is 3.25. The van der Waals surface area contributed by atoms with Crippen molar-refractivity contribution in [3.05, 3.63) is 58.1 Å². The number of amidine groups is 1.